The van der Waals surface area contributed by atoms with Crippen LogP contribution in [-0.2, 0) is 19.1 Å². The van der Waals surface area contributed by atoms with Gasteiger partial charge in [0.2, 0.25) is 11.8 Å². The van der Waals surface area contributed by atoms with Gasteiger partial charge in [0.15, 0.2) is 5.78 Å². The van der Waals surface area contributed by atoms with Gasteiger partial charge in [-0.3, -0.25) is 14.4 Å². The molecule has 0 spiro atoms. The van der Waals surface area contributed by atoms with Crippen LogP contribution < -0.4 is 25.4 Å². The van der Waals surface area contributed by atoms with E-state index in [0.717, 1.165) is 25.7 Å². The molecule has 0 bridgehead atoms. The van der Waals surface area contributed by atoms with E-state index in [1.165, 1.54) is 12.0 Å². The number of carbonyl (C=O) groups excluding carboxylic acids is 5. The molecule has 2 heterocycles. The van der Waals surface area contributed by atoms with Gasteiger partial charge in [0.1, 0.15) is 40.9 Å². The minimum Gasteiger partial charge on any atom is -0.496 e. The van der Waals surface area contributed by atoms with E-state index in [4.69, 9.17) is 14.2 Å². The second-order valence-corrected chi connectivity index (χ2v) is 16.1. The maximum absolute atomic E-state index is 14.6. The molecule has 3 N–H and O–H groups in total. The molecule has 52 heavy (non-hydrogen) atoms. The predicted molar refractivity (Wildman–Crippen MR) is 199 cm³/mol. The van der Waals surface area contributed by atoms with Crippen LogP contribution in [0.5, 0.6) is 11.5 Å². The molecule has 5 atom stereocenters. The summed E-state index contributed by atoms with van der Waals surface area (Å²) in [4.78, 5) is 74.0. The Morgan fingerprint density at radius 1 is 1.12 bits per heavy atom. The molecule has 3 aliphatic rings. The molecule has 2 aliphatic carbocycles. The lowest BCUT2D eigenvalue weighted by Crippen LogP contribution is -2.61. The summed E-state index contributed by atoms with van der Waals surface area (Å²) in [6, 6.07) is 2.61. The Balaban J connectivity index is 1.50. The zero-order valence-corrected chi connectivity index (χ0v) is 32.6. The molecule has 1 saturated heterocycles. The van der Waals surface area contributed by atoms with Crippen molar-refractivity contribution in [3.63, 3.8) is 0 Å². The monoisotopic (exact) mass is 783 g/mol. The van der Waals surface area contributed by atoms with E-state index in [-0.39, 0.29) is 41.2 Å². The molecule has 1 aliphatic heterocycles. The van der Waals surface area contributed by atoms with Crippen molar-refractivity contribution in [3.8, 4) is 11.5 Å². The highest BCUT2D eigenvalue weighted by Crippen LogP contribution is 2.46. The number of halogens is 1. The van der Waals surface area contributed by atoms with Crippen LogP contribution in [-0.4, -0.2) is 94.8 Å². The van der Waals surface area contributed by atoms with Crippen LogP contribution in [0.25, 0.3) is 10.9 Å². The van der Waals surface area contributed by atoms with Crippen LogP contribution in [0, 0.1) is 18.3 Å². The number of ether oxygens (including phenoxy) is 3. The van der Waals surface area contributed by atoms with Crippen LogP contribution in [0.1, 0.15) is 82.3 Å². The number of aryl methyl sites for hydroxylation is 1. The Hall–Kier alpha value is -4.20. The number of nitrogens with one attached hydrogen (secondary N) is 3. The number of pyridine rings is 1. The van der Waals surface area contributed by atoms with E-state index in [2.05, 4.69) is 43.4 Å². The molecule has 0 radical (unpaired) electrons. The number of methoxy groups -OCH3 is 2. The van der Waals surface area contributed by atoms with E-state index in [0.29, 0.717) is 34.4 Å². The average molecular weight is 785 g/mol. The number of carbonyl (C=O) groups is 5. The van der Waals surface area contributed by atoms with Crippen LogP contribution >= 0.6 is 15.9 Å². The summed E-state index contributed by atoms with van der Waals surface area (Å²) in [5.41, 5.74) is -0.992. The smallest absolute Gasteiger partial charge is 0.332 e. The van der Waals surface area contributed by atoms with Crippen molar-refractivity contribution in [1.29, 1.82) is 0 Å². The number of hydrogen-bond donors (Lipinski definition) is 3. The van der Waals surface area contributed by atoms with Gasteiger partial charge in [-0.15, -0.1) is 6.58 Å². The van der Waals surface area contributed by atoms with Gasteiger partial charge in [-0.25, -0.2) is 14.6 Å². The Morgan fingerprint density at radius 3 is 2.38 bits per heavy atom. The van der Waals surface area contributed by atoms with Crippen molar-refractivity contribution in [1.82, 2.24) is 25.8 Å². The van der Waals surface area contributed by atoms with E-state index >= 15 is 0 Å². The van der Waals surface area contributed by atoms with Crippen molar-refractivity contribution in [2.24, 2.45) is 11.3 Å². The molecule has 4 amide bonds. The number of aromatic nitrogens is 1. The lowest BCUT2D eigenvalue weighted by molar-refractivity contribution is -0.148. The lowest BCUT2D eigenvalue weighted by atomic mass is 9.85. The van der Waals surface area contributed by atoms with Gasteiger partial charge in [0, 0.05) is 34.9 Å². The Morgan fingerprint density at radius 2 is 1.81 bits per heavy atom. The molecule has 14 heteroatoms. The molecule has 13 nitrogen and oxygen atoms in total. The van der Waals surface area contributed by atoms with Crippen LogP contribution in [0.2, 0.25) is 0 Å². The predicted octanol–water partition coefficient (Wildman–Crippen LogP) is 4.76. The summed E-state index contributed by atoms with van der Waals surface area (Å²) < 4.78 is 17.1. The van der Waals surface area contributed by atoms with Crippen LogP contribution in [0.4, 0.5) is 4.79 Å². The first kappa shape index (κ1) is 39.0. The largest absolute Gasteiger partial charge is 0.496 e. The quantitative estimate of drug-likeness (QED) is 0.119. The summed E-state index contributed by atoms with van der Waals surface area (Å²) in [5.74, 6) is -1.27. The van der Waals surface area contributed by atoms with Crippen molar-refractivity contribution < 1.29 is 38.2 Å². The van der Waals surface area contributed by atoms with E-state index < -0.39 is 53.0 Å². The molecule has 1 aromatic heterocycles. The molecular formula is C38H50BrN5O8. The molecule has 1 aromatic carbocycles. The maximum Gasteiger partial charge on any atom is 0.332 e. The number of ketones is 1. The van der Waals surface area contributed by atoms with Crippen LogP contribution in [0.15, 0.2) is 30.9 Å². The number of benzene rings is 1. The van der Waals surface area contributed by atoms with Gasteiger partial charge in [-0.2, -0.15) is 0 Å². The molecule has 5 rings (SSSR count). The first-order valence-electron chi connectivity index (χ1n) is 17.7. The number of likely N-dealkylation sites (tertiary alicyclic amines) is 1. The summed E-state index contributed by atoms with van der Waals surface area (Å²) in [7, 11) is 2.81. The number of alkyl halides is 1. The normalized spacial score (nSPS) is 24.1. The number of amides is 4. The maximum atomic E-state index is 14.6. The van der Waals surface area contributed by atoms with Gasteiger partial charge in [0.05, 0.1) is 31.6 Å². The van der Waals surface area contributed by atoms with Gasteiger partial charge in [-0.1, -0.05) is 55.6 Å². The van der Waals surface area contributed by atoms with E-state index in [9.17, 15) is 24.0 Å². The third-order valence-electron chi connectivity index (χ3n) is 10.6. The second kappa shape index (κ2) is 15.0. The molecule has 282 valence electrons. The zero-order valence-electron chi connectivity index (χ0n) is 31.0. The molecule has 2 aromatic rings. The molecular weight excluding hydrogens is 734 g/mol. The highest BCUT2D eigenvalue weighted by Gasteiger charge is 2.62. The van der Waals surface area contributed by atoms with Crippen molar-refractivity contribution >= 4 is 56.4 Å². The number of nitrogens with zero attached hydrogens (tertiary/aromatic N) is 2. The minimum atomic E-state index is -1.29. The van der Waals surface area contributed by atoms with Gasteiger partial charge in [-0.05, 0) is 50.7 Å². The first-order valence-corrected chi connectivity index (χ1v) is 18.8. The highest BCUT2D eigenvalue weighted by molar-refractivity contribution is 9.09. The summed E-state index contributed by atoms with van der Waals surface area (Å²) in [5, 5.41) is 9.53. The first-order chi connectivity index (χ1) is 24.5. The standard InChI is InChI=1S/C38H50BrN5O8/c1-9-22-18-38(22,34(48)51-8)42-32(46)26-16-23(52-29-17-25(27(45)19-39)40-30-21(2)28(50-7)13-12-24(29)30)20-44(26)33(47)31(36(3,4)5)41-35(49)43-37(6)14-10-11-15-37/h9,12-13,17,22-23,26,31H,1,10-11,14-16,18-20H2,2-8H3,(H,42,46)(H2,41,43,49)/t22-,23-,26+,31-,38-/m1/s1. The fourth-order valence-corrected chi connectivity index (χ4v) is 7.77. The minimum absolute atomic E-state index is 0.0126. The number of esters is 1. The fourth-order valence-electron chi connectivity index (χ4n) is 7.49. The Bertz CT molecular complexity index is 1770. The third-order valence-corrected chi connectivity index (χ3v) is 11.1. The number of hydrogen-bond acceptors (Lipinski definition) is 9. The molecule has 3 fully saturated rings. The van der Waals surface area contributed by atoms with Gasteiger partial charge >= 0.3 is 12.0 Å². The van der Waals surface area contributed by atoms with Crippen molar-refractivity contribution in [2.75, 3.05) is 26.1 Å². The number of urea groups is 1. The lowest BCUT2D eigenvalue weighted by Gasteiger charge is -2.36. The van der Waals surface area contributed by atoms with Crippen molar-refractivity contribution in [3.05, 3.63) is 42.1 Å². The zero-order chi connectivity index (χ0) is 38.2. The van der Waals surface area contributed by atoms with E-state index in [1.807, 2.05) is 34.6 Å². The van der Waals surface area contributed by atoms with Gasteiger partial charge < -0.3 is 35.1 Å². The third kappa shape index (κ3) is 7.77. The summed E-state index contributed by atoms with van der Waals surface area (Å²) >= 11 is 3.23. The van der Waals surface area contributed by atoms with Crippen LogP contribution in [0.3, 0.4) is 0 Å². The summed E-state index contributed by atoms with van der Waals surface area (Å²) in [6.07, 6.45) is 4.97. The second-order valence-electron chi connectivity index (χ2n) is 15.5. The number of fused-ring (bicyclic) bond motifs is 1. The fraction of sp³-hybridized carbons (Fsp3) is 0.579. The average Bonchev–Trinajstić information content (AvgIpc) is 3.38. The number of Topliss-reactive ketones (excluding diaryl/α,β-unsaturated/α-hetero) is 1. The Kier molecular flexibility index (Phi) is 11.3. The van der Waals surface area contributed by atoms with Crippen molar-refractivity contribution in [2.45, 2.75) is 102 Å². The van der Waals surface area contributed by atoms with E-state index in [1.54, 1.807) is 31.4 Å². The number of rotatable bonds is 12. The Labute approximate surface area is 313 Å². The summed E-state index contributed by atoms with van der Waals surface area (Å²) in [6.45, 7) is 13.2. The molecule has 0 unspecified atom stereocenters. The topological polar surface area (TPSA) is 165 Å². The molecule has 2 saturated carbocycles. The SMILES string of the molecule is C=C[C@@H]1C[C@]1(NC(=O)[C@@H]1C[C@@H](Oc2cc(C(=O)CBr)nc3c(C)c(OC)ccc23)CN1C(=O)[C@@H](NC(=O)NC1(C)CCCC1)C(C)(C)C)C(=O)OC. The highest BCUT2D eigenvalue weighted by atomic mass is 79.9. The van der Waals surface area contributed by atoms with Gasteiger partial charge in [0.25, 0.3) is 0 Å².